The normalized spacial score (nSPS) is 13.0. The minimum atomic E-state index is -0.889. The van der Waals surface area contributed by atoms with Gasteiger partial charge in [0.2, 0.25) is 11.8 Å². The van der Waals surface area contributed by atoms with E-state index in [9.17, 15) is 46.5 Å². The van der Waals surface area contributed by atoms with Crippen LogP contribution in [0.5, 0.6) is 5.75 Å². The van der Waals surface area contributed by atoms with Crippen molar-refractivity contribution in [3.05, 3.63) is 91.3 Å². The van der Waals surface area contributed by atoms with E-state index in [1.807, 2.05) is 0 Å². The van der Waals surface area contributed by atoms with Crippen molar-refractivity contribution in [2.24, 2.45) is 0 Å². The molecule has 2 aromatic rings. The summed E-state index contributed by atoms with van der Waals surface area (Å²) in [6, 6.07) is 5.61. The van der Waals surface area contributed by atoms with Crippen LogP contribution >= 0.6 is 0 Å². The van der Waals surface area contributed by atoms with Gasteiger partial charge < -0.3 is 41.1 Å². The molecule has 0 amide bonds. The van der Waals surface area contributed by atoms with Gasteiger partial charge in [0.1, 0.15) is 11.4 Å². The van der Waals surface area contributed by atoms with Gasteiger partial charge in [-0.05, 0) is 30.3 Å². The number of nitrogens with zero attached hydrogens (tertiary/aromatic N) is 5. The summed E-state index contributed by atoms with van der Waals surface area (Å²) in [5, 5.41) is 82.6. The third-order valence-electron chi connectivity index (χ3n) is 4.03. The first-order valence-electron chi connectivity index (χ1n) is 8.33. The molecule has 0 unspecified atom stereocenters. The van der Waals surface area contributed by atoms with Crippen LogP contribution < -0.4 is 30.9 Å². The fourth-order valence-corrected chi connectivity index (χ4v) is 2.61. The lowest BCUT2D eigenvalue weighted by Crippen LogP contribution is -2.40. The number of allylic oxidation sites excluding steroid dienone is 2. The van der Waals surface area contributed by atoms with E-state index in [4.69, 9.17) is 4.74 Å². The molecule has 1 aliphatic heterocycles. The molecule has 0 aromatic heterocycles. The maximum absolute atomic E-state index is 11.4. The second-order valence-electron chi connectivity index (χ2n) is 5.99. The minimum Gasteiger partial charge on any atom is -0.769 e. The number of anilines is 4. The summed E-state index contributed by atoms with van der Waals surface area (Å²) in [7, 11) is 0. The SMILES string of the molecule is O=[N+]([O-])c1cc(N([O-])[O-])ccc1N1NC(Oc2ccc(N([O-])[O-])cc2N(O)O)=CC=C1O. The van der Waals surface area contributed by atoms with Gasteiger partial charge in [0, 0.05) is 29.6 Å². The van der Waals surface area contributed by atoms with E-state index >= 15 is 0 Å². The number of rotatable bonds is 7. The van der Waals surface area contributed by atoms with E-state index in [1.165, 1.54) is 6.08 Å². The summed E-state index contributed by atoms with van der Waals surface area (Å²) in [5.41, 5.74) is -0.0262. The van der Waals surface area contributed by atoms with Crippen molar-refractivity contribution in [1.29, 1.82) is 0 Å². The molecule has 1 aliphatic rings. The Hall–Kier alpha value is -4.32. The van der Waals surface area contributed by atoms with Crippen LogP contribution in [0.4, 0.5) is 28.4 Å². The van der Waals surface area contributed by atoms with Crippen LogP contribution in [0.2, 0.25) is 0 Å². The van der Waals surface area contributed by atoms with Crippen LogP contribution in [-0.2, 0) is 0 Å². The monoisotopic (exact) mass is 448 g/mol. The fourth-order valence-electron chi connectivity index (χ4n) is 2.61. The Bertz CT molecular complexity index is 1090. The second-order valence-corrected chi connectivity index (χ2v) is 5.99. The number of hydrogen-bond donors (Lipinski definition) is 4. The number of hydrazine groups is 1. The number of nitrogens with one attached hydrogen (secondary N) is 1. The van der Waals surface area contributed by atoms with E-state index < -0.39 is 49.2 Å². The Morgan fingerprint density at radius 2 is 1.59 bits per heavy atom. The van der Waals surface area contributed by atoms with E-state index in [2.05, 4.69) is 5.43 Å². The van der Waals surface area contributed by atoms with Crippen molar-refractivity contribution in [3.63, 3.8) is 0 Å². The predicted molar refractivity (Wildman–Crippen MR) is 109 cm³/mol. The van der Waals surface area contributed by atoms with Crippen LogP contribution in [0, 0.1) is 30.9 Å². The molecule has 0 fully saturated rings. The van der Waals surface area contributed by atoms with E-state index in [1.54, 1.807) is 0 Å². The Morgan fingerprint density at radius 1 is 0.969 bits per heavy atom. The minimum absolute atomic E-state index is 0.201. The average molecular weight is 448 g/mol. The summed E-state index contributed by atoms with van der Waals surface area (Å²) in [6.07, 6.45) is 2.24. The topological polar surface area (TPSA) is 230 Å². The summed E-state index contributed by atoms with van der Waals surface area (Å²) >= 11 is 0. The molecule has 16 heteroatoms. The highest BCUT2D eigenvalue weighted by Gasteiger charge is 2.26. The predicted octanol–water partition coefficient (Wildman–Crippen LogP) is 2.43. The number of benzene rings is 2. The summed E-state index contributed by atoms with van der Waals surface area (Å²) in [5.74, 6) is -1.01. The molecule has 3 rings (SSSR count). The molecule has 0 saturated heterocycles. The van der Waals surface area contributed by atoms with E-state index in [0.29, 0.717) is 6.07 Å². The van der Waals surface area contributed by atoms with Crippen molar-refractivity contribution in [2.45, 2.75) is 0 Å². The third kappa shape index (κ3) is 4.54. The van der Waals surface area contributed by atoms with Crippen molar-refractivity contribution < 1.29 is 25.2 Å². The number of nitro groups is 1. The van der Waals surface area contributed by atoms with Crippen LogP contribution in [0.3, 0.4) is 0 Å². The highest BCUT2D eigenvalue weighted by molar-refractivity contribution is 5.72. The van der Waals surface area contributed by atoms with Gasteiger partial charge in [-0.15, -0.1) is 5.23 Å². The van der Waals surface area contributed by atoms with E-state index in [0.717, 1.165) is 41.4 Å². The number of aliphatic hydroxyl groups excluding tert-OH is 1. The Morgan fingerprint density at radius 3 is 2.19 bits per heavy atom. The first kappa shape index (κ1) is 22.4. The van der Waals surface area contributed by atoms with Gasteiger partial charge in [0.05, 0.1) is 4.92 Å². The molecule has 0 atom stereocenters. The lowest BCUT2D eigenvalue weighted by molar-refractivity contribution is -0.384. The fraction of sp³-hybridized carbons (Fsp3) is 0. The van der Waals surface area contributed by atoms with E-state index in [-0.39, 0.29) is 17.3 Å². The van der Waals surface area contributed by atoms with Crippen molar-refractivity contribution >= 4 is 28.4 Å². The highest BCUT2D eigenvalue weighted by Crippen LogP contribution is 2.36. The Labute approximate surface area is 177 Å². The van der Waals surface area contributed by atoms with Crippen LogP contribution in [-0.4, -0.2) is 20.4 Å². The van der Waals surface area contributed by atoms with Crippen LogP contribution in [0.1, 0.15) is 0 Å². The number of aliphatic hydroxyl groups is 1. The third-order valence-corrected chi connectivity index (χ3v) is 4.03. The molecule has 0 spiro atoms. The van der Waals surface area contributed by atoms with Crippen molar-refractivity contribution in [1.82, 2.24) is 5.43 Å². The highest BCUT2D eigenvalue weighted by atomic mass is 16.8. The van der Waals surface area contributed by atoms with Crippen LogP contribution in [0.15, 0.2) is 60.3 Å². The smallest absolute Gasteiger partial charge is 0.296 e. The molecule has 1 heterocycles. The largest absolute Gasteiger partial charge is 0.769 e. The molecular weight excluding hydrogens is 436 g/mol. The van der Waals surface area contributed by atoms with Gasteiger partial charge >= 0.3 is 0 Å². The molecule has 0 saturated carbocycles. The van der Waals surface area contributed by atoms with Crippen LogP contribution in [0.25, 0.3) is 0 Å². The molecule has 16 nitrogen and oxygen atoms in total. The number of hydrogen-bond acceptors (Lipinski definition) is 15. The van der Waals surface area contributed by atoms with Crippen molar-refractivity contribution in [2.75, 3.05) is 20.7 Å². The maximum Gasteiger partial charge on any atom is 0.296 e. The first-order valence-corrected chi connectivity index (χ1v) is 8.33. The average Bonchev–Trinajstić information content (AvgIpc) is 2.74. The lowest BCUT2D eigenvalue weighted by Gasteiger charge is -2.38. The zero-order valence-electron chi connectivity index (χ0n) is 15.6. The Balaban J connectivity index is 1.92. The quantitative estimate of drug-likeness (QED) is 0.352. The lowest BCUT2D eigenvalue weighted by atomic mass is 10.2. The molecule has 0 radical (unpaired) electrons. The summed E-state index contributed by atoms with van der Waals surface area (Å²) in [6.45, 7) is 0. The molecule has 32 heavy (non-hydrogen) atoms. The Kier molecular flexibility index (Phi) is 6.16. The molecular formula is C16H12N6O10-4. The molecule has 170 valence electrons. The zero-order valence-corrected chi connectivity index (χ0v) is 15.6. The molecule has 2 aromatic carbocycles. The van der Waals surface area contributed by atoms with Gasteiger partial charge in [0.15, 0.2) is 5.75 Å². The summed E-state index contributed by atoms with van der Waals surface area (Å²) in [4.78, 5) is 10.5. The van der Waals surface area contributed by atoms with Gasteiger partial charge in [-0.3, -0.25) is 26.0 Å². The summed E-state index contributed by atoms with van der Waals surface area (Å²) < 4.78 is 5.44. The number of ether oxygens (including phenoxy) is 1. The molecule has 0 bridgehead atoms. The molecule has 4 N–H and O–H groups in total. The standard InChI is InChI=1S/C16H12N6O10/c23-16-6-5-15(32-14-4-2-10(20(26)27)8-13(14)22(30)31)17-18(16)11-3-1-9(19(24)25)7-12(11)21(28)29/h1-8,17,23,30-31H/q-4. The van der Waals surface area contributed by atoms with Gasteiger partial charge in [0.25, 0.3) is 5.69 Å². The van der Waals surface area contributed by atoms with Gasteiger partial charge in [-0.1, -0.05) is 0 Å². The van der Waals surface area contributed by atoms with Gasteiger partial charge in [-0.2, -0.15) is 0 Å². The zero-order chi connectivity index (χ0) is 23.6. The maximum atomic E-state index is 11.4. The molecule has 0 aliphatic carbocycles. The van der Waals surface area contributed by atoms with Gasteiger partial charge in [-0.25, -0.2) is 5.01 Å². The first-order chi connectivity index (χ1) is 15.1. The second kappa shape index (κ2) is 8.81. The number of nitro benzene ring substituents is 1. The van der Waals surface area contributed by atoms with Crippen molar-refractivity contribution in [3.8, 4) is 5.75 Å².